The van der Waals surface area contributed by atoms with E-state index >= 15 is 0 Å². The molecule has 1 rings (SSSR count). The van der Waals surface area contributed by atoms with Gasteiger partial charge in [-0.3, -0.25) is 0 Å². The van der Waals surface area contributed by atoms with Gasteiger partial charge in [-0.1, -0.05) is 51.5 Å². The van der Waals surface area contributed by atoms with Crippen molar-refractivity contribution in [3.8, 4) is 0 Å². The maximum absolute atomic E-state index is 12.7. The quantitative estimate of drug-likeness (QED) is 0.657. The lowest BCUT2D eigenvalue weighted by Crippen LogP contribution is -2.54. The predicted octanol–water partition coefficient (Wildman–Crippen LogP) is 3.41. The zero-order valence-electron chi connectivity index (χ0n) is 13.7. The van der Waals surface area contributed by atoms with E-state index in [9.17, 15) is 13.2 Å². The van der Waals surface area contributed by atoms with Crippen molar-refractivity contribution in [1.82, 2.24) is 4.39 Å². The second kappa shape index (κ2) is 6.31. The summed E-state index contributed by atoms with van der Waals surface area (Å²) in [4.78, 5) is 11.7. The first-order valence-corrected chi connectivity index (χ1v) is 11.6. The topological polar surface area (TPSA) is 72.5 Å². The number of sulfonamides is 1. The van der Waals surface area contributed by atoms with E-state index in [1.807, 2.05) is 33.9 Å². The van der Waals surface area contributed by atoms with Gasteiger partial charge in [-0.25, -0.2) is 17.6 Å². The molecule has 0 bridgehead atoms. The molecule has 1 aromatic rings. The SMILES string of the molecule is COC(=O)c1c(Cl)cccc1S(=O)(=O)N[Si](C)(C)C(C)(C)C. The second-order valence-corrected chi connectivity index (χ2v) is 14.0. The predicted molar refractivity (Wildman–Crippen MR) is 90.3 cm³/mol. The van der Waals surface area contributed by atoms with Gasteiger partial charge < -0.3 is 4.74 Å². The summed E-state index contributed by atoms with van der Waals surface area (Å²) in [6, 6.07) is 4.31. The largest absolute Gasteiger partial charge is 0.465 e. The Labute approximate surface area is 138 Å². The highest BCUT2D eigenvalue weighted by Crippen LogP contribution is 2.35. The van der Waals surface area contributed by atoms with Gasteiger partial charge in [0, 0.05) is 0 Å². The third-order valence-electron chi connectivity index (χ3n) is 3.92. The molecular formula is C14H22ClNO4SSi. The van der Waals surface area contributed by atoms with E-state index < -0.39 is 24.2 Å². The lowest BCUT2D eigenvalue weighted by molar-refractivity contribution is 0.0596. The number of halogens is 1. The maximum atomic E-state index is 12.7. The summed E-state index contributed by atoms with van der Waals surface area (Å²) >= 11 is 5.99. The Bertz CT molecular complexity index is 681. The molecule has 0 amide bonds. The van der Waals surface area contributed by atoms with Crippen LogP contribution in [0.5, 0.6) is 0 Å². The number of carbonyl (C=O) groups is 1. The van der Waals surface area contributed by atoms with E-state index in [2.05, 4.69) is 9.12 Å². The van der Waals surface area contributed by atoms with Crippen molar-refractivity contribution < 1.29 is 17.9 Å². The Balaban J connectivity index is 3.43. The Morgan fingerprint density at radius 1 is 1.27 bits per heavy atom. The number of nitrogens with one attached hydrogen (secondary N) is 1. The fourth-order valence-electron chi connectivity index (χ4n) is 1.57. The summed E-state index contributed by atoms with van der Waals surface area (Å²) in [6.45, 7) is 9.81. The minimum atomic E-state index is -3.88. The minimum absolute atomic E-state index is 0.0463. The number of rotatable bonds is 4. The highest BCUT2D eigenvalue weighted by molar-refractivity contribution is 7.91. The summed E-state index contributed by atoms with van der Waals surface area (Å²) in [5.74, 6) is -0.777. The normalized spacial score (nSPS) is 13.0. The number of ether oxygens (including phenoxy) is 1. The second-order valence-electron chi connectivity index (χ2n) is 6.59. The van der Waals surface area contributed by atoms with Crippen molar-refractivity contribution >= 4 is 35.8 Å². The molecule has 0 radical (unpaired) electrons. The molecule has 0 saturated carbocycles. The van der Waals surface area contributed by atoms with Gasteiger partial charge in [0.1, 0.15) is 8.24 Å². The molecule has 0 spiro atoms. The molecule has 0 unspecified atom stereocenters. The molecule has 0 atom stereocenters. The molecule has 0 aliphatic carbocycles. The van der Waals surface area contributed by atoms with Crippen LogP contribution in [0.2, 0.25) is 23.2 Å². The van der Waals surface area contributed by atoms with E-state index in [-0.39, 0.29) is 20.5 Å². The zero-order valence-corrected chi connectivity index (χ0v) is 16.2. The Morgan fingerprint density at radius 3 is 2.27 bits per heavy atom. The summed E-state index contributed by atoms with van der Waals surface area (Å²) in [6.07, 6.45) is 0. The number of benzene rings is 1. The fourth-order valence-corrected chi connectivity index (χ4v) is 6.95. The number of hydrogen-bond donors (Lipinski definition) is 1. The Kier molecular flexibility index (Phi) is 5.49. The van der Waals surface area contributed by atoms with Crippen LogP contribution in [0.1, 0.15) is 31.1 Å². The van der Waals surface area contributed by atoms with Crippen LogP contribution in [-0.4, -0.2) is 29.7 Å². The van der Waals surface area contributed by atoms with Crippen molar-refractivity contribution in [3.63, 3.8) is 0 Å². The average Bonchev–Trinajstić information content (AvgIpc) is 2.35. The van der Waals surface area contributed by atoms with Crippen molar-refractivity contribution in [3.05, 3.63) is 28.8 Å². The van der Waals surface area contributed by atoms with Crippen LogP contribution >= 0.6 is 11.6 Å². The first kappa shape index (κ1) is 19.2. The van der Waals surface area contributed by atoms with E-state index in [1.165, 1.54) is 25.3 Å². The number of esters is 1. The van der Waals surface area contributed by atoms with Gasteiger partial charge in [0.15, 0.2) is 0 Å². The molecule has 22 heavy (non-hydrogen) atoms. The van der Waals surface area contributed by atoms with Gasteiger partial charge in [0.05, 0.1) is 22.6 Å². The molecule has 0 heterocycles. The number of carbonyl (C=O) groups excluding carboxylic acids is 1. The molecule has 0 aliphatic rings. The van der Waals surface area contributed by atoms with Gasteiger partial charge in [0.25, 0.3) is 0 Å². The standard InChI is InChI=1S/C14H22ClNO4SSi/c1-14(2,3)22(5,6)16-21(18,19)11-9-7-8-10(15)12(11)13(17)20-4/h7-9,16H,1-6H3. The van der Waals surface area contributed by atoms with E-state index in [4.69, 9.17) is 11.6 Å². The van der Waals surface area contributed by atoms with Crippen LogP contribution in [0.4, 0.5) is 0 Å². The van der Waals surface area contributed by atoms with Gasteiger partial charge in [-0.05, 0) is 17.2 Å². The first-order chi connectivity index (χ1) is 9.83. The monoisotopic (exact) mass is 363 g/mol. The maximum Gasteiger partial charge on any atom is 0.340 e. The first-order valence-electron chi connectivity index (χ1n) is 6.74. The average molecular weight is 364 g/mol. The third kappa shape index (κ3) is 3.89. The van der Waals surface area contributed by atoms with Crippen LogP contribution in [0.3, 0.4) is 0 Å². The van der Waals surface area contributed by atoms with E-state index in [0.717, 1.165) is 0 Å². The lowest BCUT2D eigenvalue weighted by Gasteiger charge is -2.36. The van der Waals surface area contributed by atoms with Crippen LogP contribution in [0, 0.1) is 0 Å². The minimum Gasteiger partial charge on any atom is -0.465 e. The van der Waals surface area contributed by atoms with E-state index in [1.54, 1.807) is 0 Å². The van der Waals surface area contributed by atoms with Gasteiger partial charge in [-0.15, -0.1) is 0 Å². The van der Waals surface area contributed by atoms with Crippen molar-refractivity contribution in [2.24, 2.45) is 0 Å². The van der Waals surface area contributed by atoms with Crippen LogP contribution in [0.15, 0.2) is 23.1 Å². The van der Waals surface area contributed by atoms with Gasteiger partial charge >= 0.3 is 5.97 Å². The lowest BCUT2D eigenvalue weighted by atomic mass is 10.2. The van der Waals surface area contributed by atoms with Crippen molar-refractivity contribution in [2.45, 2.75) is 43.8 Å². The molecule has 124 valence electrons. The van der Waals surface area contributed by atoms with Crippen molar-refractivity contribution in [2.75, 3.05) is 7.11 Å². The Hall–Kier alpha value is -0.893. The molecule has 0 saturated heterocycles. The summed E-state index contributed by atoms with van der Waals surface area (Å²) < 4.78 is 32.9. The van der Waals surface area contributed by atoms with Crippen molar-refractivity contribution in [1.29, 1.82) is 0 Å². The number of hydrogen-bond acceptors (Lipinski definition) is 4. The van der Waals surface area contributed by atoms with E-state index in [0.29, 0.717) is 0 Å². The number of methoxy groups -OCH3 is 1. The van der Waals surface area contributed by atoms with Crippen LogP contribution in [0.25, 0.3) is 0 Å². The molecule has 0 aliphatic heterocycles. The summed E-state index contributed by atoms with van der Waals surface area (Å²) in [5, 5.41) is -0.144. The third-order valence-corrected chi connectivity index (χ3v) is 12.0. The van der Waals surface area contributed by atoms with Gasteiger partial charge in [0.2, 0.25) is 10.0 Å². The summed E-state index contributed by atoms with van der Waals surface area (Å²) in [5.41, 5.74) is -0.141. The van der Waals surface area contributed by atoms with Crippen LogP contribution in [-0.2, 0) is 14.8 Å². The molecule has 5 nitrogen and oxygen atoms in total. The molecule has 1 aromatic carbocycles. The zero-order chi connectivity index (χ0) is 17.3. The fraction of sp³-hybridized carbons (Fsp3) is 0.500. The highest BCUT2D eigenvalue weighted by Gasteiger charge is 2.40. The Morgan fingerprint density at radius 2 is 1.82 bits per heavy atom. The van der Waals surface area contributed by atoms with Crippen LogP contribution < -0.4 is 4.39 Å². The summed E-state index contributed by atoms with van der Waals surface area (Å²) in [7, 11) is -5.04. The highest BCUT2D eigenvalue weighted by atomic mass is 35.5. The smallest absolute Gasteiger partial charge is 0.340 e. The molecule has 1 N–H and O–H groups in total. The molecule has 8 heteroatoms. The molecule has 0 fully saturated rings. The van der Waals surface area contributed by atoms with Gasteiger partial charge in [-0.2, -0.15) is 0 Å². The molecule has 0 aromatic heterocycles. The molecular weight excluding hydrogens is 342 g/mol.